The maximum atomic E-state index is 8.49. The van der Waals surface area contributed by atoms with Crippen LogP contribution in [0.15, 0.2) is 0 Å². The van der Waals surface area contributed by atoms with E-state index in [1.807, 2.05) is 0 Å². The minimum atomic E-state index is 0.267. The molecule has 13 heavy (non-hydrogen) atoms. The fraction of sp³-hybridized carbons (Fsp3) is 1.00. The summed E-state index contributed by atoms with van der Waals surface area (Å²) < 4.78 is 10.6. The van der Waals surface area contributed by atoms with E-state index >= 15 is 0 Å². The average molecular weight is 190 g/mol. The summed E-state index contributed by atoms with van der Waals surface area (Å²) in [4.78, 5) is 0. The molecule has 80 valence electrons. The third-order valence-electron chi connectivity index (χ3n) is 1.62. The van der Waals surface area contributed by atoms with Crippen LogP contribution in [0, 0.1) is 0 Å². The zero-order valence-electron chi connectivity index (χ0n) is 8.63. The molecule has 0 rings (SSSR count). The smallest absolute Gasteiger partial charge is 0.0487 e. The van der Waals surface area contributed by atoms with Gasteiger partial charge in [-0.05, 0) is 25.7 Å². The average Bonchev–Trinajstić information content (AvgIpc) is 2.16. The Labute approximate surface area is 81.0 Å². The summed E-state index contributed by atoms with van der Waals surface area (Å²) in [5, 5.41) is 8.49. The third kappa shape index (κ3) is 11.9. The molecule has 0 spiro atoms. The molecular formula is C10H22O3. The van der Waals surface area contributed by atoms with Crippen LogP contribution >= 0.6 is 0 Å². The van der Waals surface area contributed by atoms with Crippen molar-refractivity contribution in [2.24, 2.45) is 0 Å². The SMILES string of the molecule is CCCOCCCOCCCCO. The van der Waals surface area contributed by atoms with Gasteiger partial charge in [0.2, 0.25) is 0 Å². The summed E-state index contributed by atoms with van der Waals surface area (Å²) >= 11 is 0. The first kappa shape index (κ1) is 12.9. The van der Waals surface area contributed by atoms with Crippen LogP contribution in [0.4, 0.5) is 0 Å². The highest BCUT2D eigenvalue weighted by molar-refractivity contribution is 4.38. The molecule has 3 nitrogen and oxygen atoms in total. The van der Waals surface area contributed by atoms with Crippen LogP contribution in [0.3, 0.4) is 0 Å². The summed E-state index contributed by atoms with van der Waals surface area (Å²) in [6, 6.07) is 0. The first-order chi connectivity index (χ1) is 6.41. The molecule has 0 bridgehead atoms. The van der Waals surface area contributed by atoms with Gasteiger partial charge in [0.05, 0.1) is 0 Å². The van der Waals surface area contributed by atoms with Gasteiger partial charge < -0.3 is 14.6 Å². The molecule has 0 atom stereocenters. The second-order valence-corrected chi connectivity index (χ2v) is 3.01. The van der Waals surface area contributed by atoms with Crippen LogP contribution in [-0.4, -0.2) is 38.1 Å². The van der Waals surface area contributed by atoms with E-state index in [9.17, 15) is 0 Å². The summed E-state index contributed by atoms with van der Waals surface area (Å²) in [6.45, 7) is 5.55. The van der Waals surface area contributed by atoms with Gasteiger partial charge in [-0.3, -0.25) is 0 Å². The summed E-state index contributed by atoms with van der Waals surface area (Å²) in [6.07, 6.45) is 3.84. The minimum absolute atomic E-state index is 0.267. The molecule has 0 saturated carbocycles. The zero-order chi connectivity index (χ0) is 9.78. The van der Waals surface area contributed by atoms with E-state index in [4.69, 9.17) is 14.6 Å². The largest absolute Gasteiger partial charge is 0.396 e. The lowest BCUT2D eigenvalue weighted by Crippen LogP contribution is -2.03. The van der Waals surface area contributed by atoms with Crippen molar-refractivity contribution in [2.45, 2.75) is 32.6 Å². The normalized spacial score (nSPS) is 10.6. The monoisotopic (exact) mass is 190 g/mol. The van der Waals surface area contributed by atoms with Crippen molar-refractivity contribution in [3.63, 3.8) is 0 Å². The van der Waals surface area contributed by atoms with Gasteiger partial charge in [0.15, 0.2) is 0 Å². The molecule has 0 aliphatic heterocycles. The molecule has 0 aliphatic rings. The van der Waals surface area contributed by atoms with Gasteiger partial charge in [0.25, 0.3) is 0 Å². The highest BCUT2D eigenvalue weighted by Gasteiger charge is 1.90. The first-order valence-corrected chi connectivity index (χ1v) is 5.18. The molecule has 0 aliphatic carbocycles. The summed E-state index contributed by atoms with van der Waals surface area (Å²) in [5.74, 6) is 0. The van der Waals surface area contributed by atoms with Gasteiger partial charge >= 0.3 is 0 Å². The molecule has 0 unspecified atom stereocenters. The highest BCUT2D eigenvalue weighted by Crippen LogP contribution is 1.91. The van der Waals surface area contributed by atoms with Crippen molar-refractivity contribution in [3.8, 4) is 0 Å². The first-order valence-electron chi connectivity index (χ1n) is 5.18. The van der Waals surface area contributed by atoms with E-state index in [0.29, 0.717) is 0 Å². The Bertz CT molecular complexity index is 76.2. The number of aliphatic hydroxyl groups is 1. The standard InChI is InChI=1S/C10H22O3/c1-2-7-12-9-5-10-13-8-4-3-6-11/h11H,2-10H2,1H3. The number of unbranched alkanes of at least 4 members (excludes halogenated alkanes) is 1. The van der Waals surface area contributed by atoms with Crippen molar-refractivity contribution < 1.29 is 14.6 Å². The Kier molecular flexibility index (Phi) is 11.8. The van der Waals surface area contributed by atoms with Crippen LogP contribution < -0.4 is 0 Å². The van der Waals surface area contributed by atoms with Crippen molar-refractivity contribution in [2.75, 3.05) is 33.0 Å². The van der Waals surface area contributed by atoms with E-state index < -0.39 is 0 Å². The fourth-order valence-electron chi connectivity index (χ4n) is 0.927. The molecule has 0 aromatic heterocycles. The zero-order valence-corrected chi connectivity index (χ0v) is 8.63. The van der Waals surface area contributed by atoms with E-state index in [-0.39, 0.29) is 6.61 Å². The van der Waals surface area contributed by atoms with Crippen LogP contribution in [0.25, 0.3) is 0 Å². The lowest BCUT2D eigenvalue weighted by molar-refractivity contribution is 0.0799. The van der Waals surface area contributed by atoms with Crippen LogP contribution in [0.5, 0.6) is 0 Å². The molecule has 0 radical (unpaired) electrons. The van der Waals surface area contributed by atoms with Gasteiger partial charge in [-0.15, -0.1) is 0 Å². The van der Waals surface area contributed by atoms with Crippen molar-refractivity contribution >= 4 is 0 Å². The molecule has 0 saturated heterocycles. The van der Waals surface area contributed by atoms with E-state index in [0.717, 1.165) is 52.1 Å². The molecule has 0 fully saturated rings. The van der Waals surface area contributed by atoms with Crippen LogP contribution in [-0.2, 0) is 9.47 Å². The number of hydrogen-bond acceptors (Lipinski definition) is 3. The Hall–Kier alpha value is -0.120. The van der Waals surface area contributed by atoms with Crippen molar-refractivity contribution in [1.29, 1.82) is 0 Å². The van der Waals surface area contributed by atoms with E-state index in [1.165, 1.54) is 0 Å². The molecule has 1 N–H and O–H groups in total. The van der Waals surface area contributed by atoms with E-state index in [2.05, 4.69) is 6.92 Å². The lowest BCUT2D eigenvalue weighted by Gasteiger charge is -2.04. The highest BCUT2D eigenvalue weighted by atomic mass is 16.5. The van der Waals surface area contributed by atoms with E-state index in [1.54, 1.807) is 0 Å². The fourth-order valence-corrected chi connectivity index (χ4v) is 0.927. The predicted octanol–water partition coefficient (Wildman–Crippen LogP) is 1.59. The number of aliphatic hydroxyl groups excluding tert-OH is 1. The van der Waals surface area contributed by atoms with Crippen molar-refractivity contribution in [3.05, 3.63) is 0 Å². The van der Waals surface area contributed by atoms with Crippen molar-refractivity contribution in [1.82, 2.24) is 0 Å². The molecule has 0 amide bonds. The maximum Gasteiger partial charge on any atom is 0.0487 e. The Morgan fingerprint density at radius 1 is 0.846 bits per heavy atom. The Balaban J connectivity index is 2.76. The molecular weight excluding hydrogens is 168 g/mol. The van der Waals surface area contributed by atoms with Gasteiger partial charge in [-0.25, -0.2) is 0 Å². The second kappa shape index (κ2) is 11.9. The lowest BCUT2D eigenvalue weighted by atomic mass is 10.3. The van der Waals surface area contributed by atoms with Gasteiger partial charge in [-0.1, -0.05) is 6.92 Å². The summed E-state index contributed by atoms with van der Waals surface area (Å²) in [5.41, 5.74) is 0. The quantitative estimate of drug-likeness (QED) is 0.532. The Morgan fingerprint density at radius 2 is 1.46 bits per heavy atom. The Morgan fingerprint density at radius 3 is 2.08 bits per heavy atom. The summed E-state index contributed by atoms with van der Waals surface area (Å²) in [7, 11) is 0. The number of ether oxygens (including phenoxy) is 2. The maximum absolute atomic E-state index is 8.49. The van der Waals surface area contributed by atoms with Crippen LogP contribution in [0.2, 0.25) is 0 Å². The predicted molar refractivity (Wildman–Crippen MR) is 52.9 cm³/mol. The third-order valence-corrected chi connectivity index (χ3v) is 1.62. The van der Waals surface area contributed by atoms with Gasteiger partial charge in [-0.2, -0.15) is 0 Å². The van der Waals surface area contributed by atoms with Gasteiger partial charge in [0.1, 0.15) is 0 Å². The molecule has 0 aromatic rings. The topological polar surface area (TPSA) is 38.7 Å². The van der Waals surface area contributed by atoms with Crippen LogP contribution in [0.1, 0.15) is 32.6 Å². The van der Waals surface area contributed by atoms with Gasteiger partial charge in [0, 0.05) is 33.0 Å². The molecule has 0 aromatic carbocycles. The number of hydrogen-bond donors (Lipinski definition) is 1. The molecule has 3 heteroatoms. The second-order valence-electron chi connectivity index (χ2n) is 3.01. The molecule has 0 heterocycles. The number of rotatable bonds is 10. The minimum Gasteiger partial charge on any atom is -0.396 e.